The van der Waals surface area contributed by atoms with Gasteiger partial charge in [-0.3, -0.25) is 9.36 Å². The molecule has 0 saturated carbocycles. The van der Waals surface area contributed by atoms with Crippen LogP contribution in [0.25, 0.3) is 21.8 Å². The summed E-state index contributed by atoms with van der Waals surface area (Å²) in [7, 11) is 3.25. The Balaban J connectivity index is 1.47. The molecule has 2 aromatic heterocycles. The molecule has 1 saturated heterocycles. The van der Waals surface area contributed by atoms with Gasteiger partial charge in [-0.2, -0.15) is 0 Å². The molecule has 3 heterocycles. The first-order valence-corrected chi connectivity index (χ1v) is 12.7. The summed E-state index contributed by atoms with van der Waals surface area (Å²) < 4.78 is 12.9. The minimum atomic E-state index is 0.0811. The highest BCUT2D eigenvalue weighted by atomic mass is 16.5. The summed E-state index contributed by atoms with van der Waals surface area (Å²) in [6, 6.07) is 9.90. The van der Waals surface area contributed by atoms with Crippen LogP contribution in [0.1, 0.15) is 50.0 Å². The molecule has 188 valence electrons. The van der Waals surface area contributed by atoms with Gasteiger partial charge in [0.15, 0.2) is 11.5 Å². The van der Waals surface area contributed by atoms with Crippen molar-refractivity contribution < 1.29 is 9.47 Å². The van der Waals surface area contributed by atoms with Crippen molar-refractivity contribution in [3.63, 3.8) is 0 Å². The number of hydrogen-bond acceptors (Lipinski definition) is 7. The van der Waals surface area contributed by atoms with Crippen molar-refractivity contribution in [1.29, 1.82) is 0 Å². The smallest absolute Gasteiger partial charge is 0.261 e. The molecule has 1 aliphatic rings. The van der Waals surface area contributed by atoms with Crippen LogP contribution in [-0.2, 0) is 6.42 Å². The molecule has 36 heavy (non-hydrogen) atoms. The maximum Gasteiger partial charge on any atom is 0.261 e. The van der Waals surface area contributed by atoms with Crippen molar-refractivity contribution in [3.05, 3.63) is 58.4 Å². The largest absolute Gasteiger partial charge is 0.493 e. The molecule has 0 spiro atoms. The molecular formula is C28H33N5O3. The molecule has 5 rings (SSSR count). The number of nitrogens with zero attached hydrogens (tertiary/aromatic N) is 5. The Labute approximate surface area is 210 Å². The van der Waals surface area contributed by atoms with Gasteiger partial charge in [0.1, 0.15) is 18.0 Å². The molecular weight excluding hydrogens is 454 g/mol. The van der Waals surface area contributed by atoms with Crippen LogP contribution in [0.5, 0.6) is 11.5 Å². The van der Waals surface area contributed by atoms with E-state index in [2.05, 4.69) is 21.8 Å². The first kappa shape index (κ1) is 24.0. The lowest BCUT2D eigenvalue weighted by Crippen LogP contribution is -2.39. The number of aryl methyl sites for hydroxylation is 2. The third-order valence-electron chi connectivity index (χ3n) is 7.13. The van der Waals surface area contributed by atoms with Gasteiger partial charge in [0.25, 0.3) is 5.56 Å². The number of fused-ring (bicyclic) bond motifs is 2. The normalized spacial score (nSPS) is 14.5. The molecule has 0 radical (unpaired) electrons. The van der Waals surface area contributed by atoms with Gasteiger partial charge in [-0.25, -0.2) is 15.0 Å². The van der Waals surface area contributed by atoms with Gasteiger partial charge in [-0.15, -0.1) is 0 Å². The molecule has 8 nitrogen and oxygen atoms in total. The highest BCUT2D eigenvalue weighted by molar-refractivity contribution is 5.92. The summed E-state index contributed by atoms with van der Waals surface area (Å²) in [5, 5.41) is 1.64. The lowest BCUT2D eigenvalue weighted by Gasteiger charge is -2.35. The predicted molar refractivity (Wildman–Crippen MR) is 142 cm³/mol. The Morgan fingerprint density at radius 1 is 0.972 bits per heavy atom. The zero-order chi connectivity index (χ0) is 25.2. The Hall–Kier alpha value is -3.68. The summed E-state index contributed by atoms with van der Waals surface area (Å²) in [6.07, 6.45) is 6.18. The van der Waals surface area contributed by atoms with Crippen LogP contribution >= 0.6 is 0 Å². The maximum atomic E-state index is 13.7. The molecule has 1 aliphatic heterocycles. The van der Waals surface area contributed by atoms with Crippen LogP contribution in [-0.4, -0.2) is 46.8 Å². The number of methoxy groups -OCH3 is 2. The summed E-state index contributed by atoms with van der Waals surface area (Å²) in [5.41, 5.74) is 2.76. The van der Waals surface area contributed by atoms with Crippen LogP contribution < -0.4 is 19.9 Å². The van der Waals surface area contributed by atoms with Gasteiger partial charge >= 0.3 is 0 Å². The molecule has 0 unspecified atom stereocenters. The van der Waals surface area contributed by atoms with Crippen molar-refractivity contribution in [2.24, 2.45) is 0 Å². The first-order chi connectivity index (χ1) is 17.5. The van der Waals surface area contributed by atoms with Crippen LogP contribution in [0.2, 0.25) is 0 Å². The fourth-order valence-corrected chi connectivity index (χ4v) is 5.20. The van der Waals surface area contributed by atoms with Gasteiger partial charge in [0.2, 0.25) is 0 Å². The zero-order valence-electron chi connectivity index (χ0n) is 21.5. The van der Waals surface area contributed by atoms with E-state index in [1.807, 2.05) is 41.8 Å². The minimum absolute atomic E-state index is 0.0811. The lowest BCUT2D eigenvalue weighted by atomic mass is 10.0. The third-order valence-corrected chi connectivity index (χ3v) is 7.13. The van der Waals surface area contributed by atoms with Gasteiger partial charge in [-0.05, 0) is 44.4 Å². The van der Waals surface area contributed by atoms with Crippen molar-refractivity contribution in [2.75, 3.05) is 32.2 Å². The van der Waals surface area contributed by atoms with E-state index in [-0.39, 0.29) is 11.6 Å². The van der Waals surface area contributed by atoms with Gasteiger partial charge < -0.3 is 14.4 Å². The topological polar surface area (TPSA) is 82.4 Å². The summed E-state index contributed by atoms with van der Waals surface area (Å²) in [4.78, 5) is 30.0. The highest BCUT2D eigenvalue weighted by Gasteiger charge is 2.26. The van der Waals surface area contributed by atoms with Crippen molar-refractivity contribution >= 4 is 27.6 Å². The Morgan fingerprint density at radius 2 is 1.72 bits per heavy atom. The van der Waals surface area contributed by atoms with E-state index in [1.54, 1.807) is 20.5 Å². The number of ether oxygens (including phenoxy) is 2. The van der Waals surface area contributed by atoms with Gasteiger partial charge in [-0.1, -0.05) is 25.0 Å². The van der Waals surface area contributed by atoms with E-state index in [4.69, 9.17) is 14.5 Å². The molecule has 0 bridgehead atoms. The number of hydrogen-bond donors (Lipinski definition) is 0. The molecule has 1 fully saturated rings. The molecule has 0 atom stereocenters. The van der Waals surface area contributed by atoms with Crippen LogP contribution in [0.3, 0.4) is 0 Å². The van der Waals surface area contributed by atoms with E-state index in [9.17, 15) is 4.79 Å². The number of piperidine rings is 1. The van der Waals surface area contributed by atoms with Crippen LogP contribution in [0.15, 0.2) is 41.5 Å². The molecule has 4 aromatic rings. The van der Waals surface area contributed by atoms with Gasteiger partial charge in [0, 0.05) is 37.0 Å². The fourth-order valence-electron chi connectivity index (χ4n) is 5.20. The Morgan fingerprint density at radius 3 is 2.44 bits per heavy atom. The monoisotopic (exact) mass is 487 g/mol. The number of aromatic nitrogens is 4. The van der Waals surface area contributed by atoms with E-state index in [1.165, 1.54) is 0 Å². The summed E-state index contributed by atoms with van der Waals surface area (Å²) in [6.45, 7) is 5.76. The van der Waals surface area contributed by atoms with Crippen LogP contribution in [0.4, 0.5) is 5.82 Å². The summed E-state index contributed by atoms with van der Waals surface area (Å²) >= 11 is 0. The lowest BCUT2D eigenvalue weighted by molar-refractivity contribution is 0.355. The second kappa shape index (κ2) is 10.1. The number of benzene rings is 2. The Bertz CT molecular complexity index is 1460. The SMILES string of the molecule is CCCCc1nc2ccc(C)cc2c(=O)n1C1CCN(c2ncnc3cc(OC)c(OC)cc23)CC1. The van der Waals surface area contributed by atoms with Crippen molar-refractivity contribution in [2.45, 2.75) is 52.0 Å². The van der Waals surface area contributed by atoms with Crippen molar-refractivity contribution in [1.82, 2.24) is 19.5 Å². The fraction of sp³-hybridized carbons (Fsp3) is 0.429. The molecule has 0 aliphatic carbocycles. The predicted octanol–water partition coefficient (Wildman–Crippen LogP) is 4.85. The van der Waals surface area contributed by atoms with Gasteiger partial charge in [0.05, 0.1) is 30.6 Å². The average molecular weight is 488 g/mol. The van der Waals surface area contributed by atoms with E-state index >= 15 is 0 Å². The molecule has 2 aromatic carbocycles. The zero-order valence-corrected chi connectivity index (χ0v) is 21.5. The second-order valence-electron chi connectivity index (χ2n) is 9.47. The molecule has 0 N–H and O–H groups in total. The maximum absolute atomic E-state index is 13.7. The first-order valence-electron chi connectivity index (χ1n) is 12.7. The van der Waals surface area contributed by atoms with Crippen LogP contribution in [0, 0.1) is 6.92 Å². The number of rotatable bonds is 7. The number of unbranched alkanes of at least 4 members (excludes halogenated alkanes) is 1. The van der Waals surface area contributed by atoms with E-state index in [0.29, 0.717) is 16.9 Å². The third kappa shape index (κ3) is 4.36. The Kier molecular flexibility index (Phi) is 6.76. The molecule has 8 heteroatoms. The van der Waals surface area contributed by atoms with E-state index in [0.717, 1.165) is 78.8 Å². The highest BCUT2D eigenvalue weighted by Crippen LogP contribution is 2.36. The second-order valence-corrected chi connectivity index (χ2v) is 9.47. The standard InChI is InChI=1S/C28H33N5O3/c1-5-6-7-26-31-22-9-8-18(2)14-21(22)28(34)33(26)19-10-12-32(13-11-19)27-20-15-24(35-3)25(36-4)16-23(20)29-17-30-27/h8-9,14-17,19H,5-7,10-13H2,1-4H3. The minimum Gasteiger partial charge on any atom is -0.493 e. The summed E-state index contributed by atoms with van der Waals surface area (Å²) in [5.74, 6) is 3.08. The average Bonchev–Trinajstić information content (AvgIpc) is 2.91. The van der Waals surface area contributed by atoms with E-state index < -0.39 is 0 Å². The molecule has 0 amide bonds. The quantitative estimate of drug-likeness (QED) is 0.369. The number of anilines is 1. The van der Waals surface area contributed by atoms with Crippen molar-refractivity contribution in [3.8, 4) is 11.5 Å².